The monoisotopic (exact) mass is 538 g/mol. The van der Waals surface area contributed by atoms with E-state index in [1.165, 1.54) is 38.8 Å². The molecular formula is C15H20NVWY-. The van der Waals surface area contributed by atoms with E-state index in [9.17, 15) is 0 Å². The average Bonchev–Trinajstić information content (AvgIpc) is 2.71. The van der Waals surface area contributed by atoms with E-state index < -0.39 is 0 Å². The second-order valence-electron chi connectivity index (χ2n) is 5.28. The van der Waals surface area contributed by atoms with Crippen molar-refractivity contribution in [1.29, 1.82) is 0 Å². The van der Waals surface area contributed by atoms with Crippen molar-refractivity contribution in [2.24, 2.45) is 0 Å². The van der Waals surface area contributed by atoms with Crippen LogP contribution in [0.25, 0.3) is 0 Å². The first-order valence-electron chi connectivity index (χ1n) is 6.44. The minimum Gasteiger partial charge on any atom is -0.333 e. The zero-order chi connectivity index (χ0) is 11.0. The molecule has 1 fully saturated rings. The maximum Gasteiger partial charge on any atom is 0 e. The number of hydrogen-bond acceptors (Lipinski definition) is 1. The second kappa shape index (κ2) is 8.87. The van der Waals surface area contributed by atoms with Crippen molar-refractivity contribution in [2.45, 2.75) is 31.1 Å². The van der Waals surface area contributed by atoms with Crippen LogP contribution in [0.5, 0.6) is 0 Å². The molecule has 1 aliphatic carbocycles. The number of rotatable bonds is 1. The predicted molar refractivity (Wildman–Crippen MR) is 67.5 cm³/mol. The third kappa shape index (κ3) is 4.05. The topological polar surface area (TPSA) is 3.24 Å². The summed E-state index contributed by atoms with van der Waals surface area (Å²) in [6.07, 6.45) is 5.33. The fourth-order valence-corrected chi connectivity index (χ4v) is 3.49. The number of nitrogens with zero attached hydrogens (tertiary/aromatic N) is 1. The first kappa shape index (κ1) is 20.6. The maximum absolute atomic E-state index is 3.99. The normalized spacial score (nSPS) is 19.8. The molecule has 19 heavy (non-hydrogen) atoms. The summed E-state index contributed by atoms with van der Waals surface area (Å²) in [4.78, 5) is 2.48. The number of benzene rings is 1. The third-order valence-electron chi connectivity index (χ3n) is 4.59. The van der Waals surface area contributed by atoms with Gasteiger partial charge in [0, 0.05) is 72.3 Å². The van der Waals surface area contributed by atoms with Crippen LogP contribution in [0.4, 0.5) is 0 Å². The summed E-state index contributed by atoms with van der Waals surface area (Å²) in [7, 11) is 0. The van der Waals surface area contributed by atoms with Gasteiger partial charge in [-0.15, -0.1) is 6.54 Å². The molecule has 0 bridgehead atoms. The molecule has 1 spiro atoms. The Morgan fingerprint density at radius 3 is 2.37 bits per heavy atom. The van der Waals surface area contributed by atoms with Crippen LogP contribution in [-0.2, 0) is 84.2 Å². The van der Waals surface area contributed by atoms with Crippen molar-refractivity contribution in [3.05, 3.63) is 42.3 Å². The molecule has 0 amide bonds. The van der Waals surface area contributed by atoms with Crippen LogP contribution in [-0.4, -0.2) is 24.5 Å². The molecule has 1 aromatic carbocycles. The zero-order valence-corrected chi connectivity index (χ0v) is 18.5. The van der Waals surface area contributed by atoms with Gasteiger partial charge in [-0.05, 0) is 55.3 Å². The summed E-state index contributed by atoms with van der Waals surface area (Å²) < 4.78 is 0. The minimum absolute atomic E-state index is 0. The minimum atomic E-state index is 0. The predicted octanol–water partition coefficient (Wildman–Crippen LogP) is 2.79. The fraction of sp³-hybridized carbons (Fsp3) is 0.533. The Morgan fingerprint density at radius 2 is 1.74 bits per heavy atom. The van der Waals surface area contributed by atoms with Crippen LogP contribution in [0.1, 0.15) is 30.4 Å². The van der Waals surface area contributed by atoms with Gasteiger partial charge < -0.3 is 11.8 Å². The van der Waals surface area contributed by atoms with Crippen molar-refractivity contribution in [3.8, 4) is 0 Å². The molecule has 2 radical (unpaired) electrons. The average molecular weight is 538 g/mol. The van der Waals surface area contributed by atoms with Gasteiger partial charge in [0.2, 0.25) is 0 Å². The molecule has 0 aromatic heterocycles. The van der Waals surface area contributed by atoms with Gasteiger partial charge in [0.05, 0.1) is 0 Å². The first-order chi connectivity index (χ1) is 7.84. The van der Waals surface area contributed by atoms with Crippen LogP contribution in [0.2, 0.25) is 0 Å². The van der Waals surface area contributed by atoms with Gasteiger partial charge in [-0.25, -0.2) is 0 Å². The van der Waals surface area contributed by atoms with E-state index in [0.29, 0.717) is 5.41 Å². The third-order valence-corrected chi connectivity index (χ3v) is 4.59. The summed E-state index contributed by atoms with van der Waals surface area (Å²) in [6, 6.07) is 9.07. The molecular weight excluding hydrogens is 518 g/mol. The van der Waals surface area contributed by atoms with Crippen LogP contribution in [0, 0.1) is 6.92 Å². The van der Waals surface area contributed by atoms with Gasteiger partial charge >= 0.3 is 0 Å². The van der Waals surface area contributed by atoms with Crippen LogP contribution in [0.15, 0.2) is 24.3 Å². The molecule has 0 saturated carbocycles. The Balaban J connectivity index is 0.00000108. The van der Waals surface area contributed by atoms with E-state index in [2.05, 4.69) is 36.1 Å². The molecule has 100 valence electrons. The van der Waals surface area contributed by atoms with Gasteiger partial charge in [-0.2, -0.15) is 0 Å². The van der Waals surface area contributed by atoms with Crippen molar-refractivity contribution >= 4 is 0 Å². The smallest absolute Gasteiger partial charge is 0 e. The standard InChI is InChI=1S/C15H20N.V.W.Y/c1-2-16-11-9-15(10-12-16)8-7-13-5-3-4-6-14(13)15;;;/h3-6H,1-2,7-12H2;;;/q-1;;;. The number of likely N-dealkylation sites (tertiary alicyclic amines) is 1. The van der Waals surface area contributed by atoms with E-state index in [-0.39, 0.29) is 72.3 Å². The Bertz CT molecular complexity index is 391. The summed E-state index contributed by atoms with van der Waals surface area (Å²) in [5.74, 6) is 0. The van der Waals surface area contributed by atoms with E-state index in [0.717, 1.165) is 6.54 Å². The largest absolute Gasteiger partial charge is 0.333 e. The van der Waals surface area contributed by atoms with E-state index in [4.69, 9.17) is 0 Å². The Labute approximate surface area is 168 Å². The van der Waals surface area contributed by atoms with Crippen LogP contribution in [0.3, 0.4) is 0 Å². The molecule has 2 aliphatic rings. The number of piperidine rings is 1. The van der Waals surface area contributed by atoms with Gasteiger partial charge in [-0.1, -0.05) is 24.3 Å². The van der Waals surface area contributed by atoms with Crippen molar-refractivity contribution in [1.82, 2.24) is 4.90 Å². The van der Waals surface area contributed by atoms with Gasteiger partial charge in [-0.3, -0.25) is 0 Å². The fourth-order valence-electron chi connectivity index (χ4n) is 3.49. The maximum atomic E-state index is 3.99. The molecule has 4 heteroatoms. The van der Waals surface area contributed by atoms with Crippen molar-refractivity contribution < 1.29 is 72.3 Å². The first-order valence-corrected chi connectivity index (χ1v) is 6.44. The molecule has 0 atom stereocenters. The van der Waals surface area contributed by atoms with Crippen LogP contribution >= 0.6 is 0 Å². The van der Waals surface area contributed by atoms with E-state index in [1.807, 2.05) is 0 Å². The van der Waals surface area contributed by atoms with E-state index >= 15 is 0 Å². The molecule has 1 aliphatic heterocycles. The van der Waals surface area contributed by atoms with Gasteiger partial charge in [0.15, 0.2) is 0 Å². The molecule has 1 aromatic rings. The van der Waals surface area contributed by atoms with Crippen LogP contribution < -0.4 is 0 Å². The molecule has 1 heterocycles. The molecule has 0 N–H and O–H groups in total. The number of hydrogen-bond donors (Lipinski definition) is 0. The van der Waals surface area contributed by atoms with Crippen molar-refractivity contribution in [3.63, 3.8) is 0 Å². The van der Waals surface area contributed by atoms with Crippen molar-refractivity contribution in [2.75, 3.05) is 19.6 Å². The second-order valence-corrected chi connectivity index (χ2v) is 5.28. The quantitative estimate of drug-likeness (QED) is 0.498. The molecule has 1 nitrogen and oxygen atoms in total. The number of fused-ring (bicyclic) bond motifs is 2. The summed E-state index contributed by atoms with van der Waals surface area (Å²) in [5.41, 5.74) is 3.77. The van der Waals surface area contributed by atoms with Gasteiger partial charge in [0.25, 0.3) is 0 Å². The summed E-state index contributed by atoms with van der Waals surface area (Å²) in [5, 5.41) is 0. The SMILES string of the molecule is [CH2-]CN1CCC2(CCc3ccccc32)CC1.[V].[W].[Y]. The zero-order valence-electron chi connectivity index (χ0n) is 11.3. The molecule has 0 unspecified atom stereocenters. The Kier molecular flexibility index (Phi) is 9.59. The Morgan fingerprint density at radius 1 is 1.11 bits per heavy atom. The Hall–Kier alpha value is 1.56. The molecule has 1 saturated heterocycles. The summed E-state index contributed by atoms with van der Waals surface area (Å²) >= 11 is 0. The van der Waals surface area contributed by atoms with E-state index in [1.54, 1.807) is 11.1 Å². The summed E-state index contributed by atoms with van der Waals surface area (Å²) in [6.45, 7) is 7.43. The molecule has 3 rings (SSSR count). The van der Waals surface area contributed by atoms with Gasteiger partial charge in [0.1, 0.15) is 0 Å². The number of aryl methyl sites for hydroxylation is 1.